The molecule has 5 rings (SSSR count). The second-order valence-electron chi connectivity index (χ2n) is 8.26. The van der Waals surface area contributed by atoms with Gasteiger partial charge in [0.05, 0.1) is 0 Å². The zero-order valence-electron chi connectivity index (χ0n) is 18.4. The first-order chi connectivity index (χ1) is 16.2. The molecule has 0 aliphatic heterocycles. The first-order valence-electron chi connectivity index (χ1n) is 11.2. The lowest BCUT2D eigenvalue weighted by Gasteiger charge is -2.10. The molecule has 0 aliphatic rings. The molecule has 0 saturated carbocycles. The van der Waals surface area contributed by atoms with Gasteiger partial charge in [-0.3, -0.25) is 0 Å². The highest BCUT2D eigenvalue weighted by Gasteiger charge is 2.02. The summed E-state index contributed by atoms with van der Waals surface area (Å²) >= 11 is 0. The third-order valence-electron chi connectivity index (χ3n) is 5.82. The summed E-state index contributed by atoms with van der Waals surface area (Å²) < 4.78 is 0. The molecule has 0 amide bonds. The maximum Gasteiger partial charge on any atom is 0.0384 e. The molecular weight excluding hydrogens is 400 g/mol. The van der Waals surface area contributed by atoms with Crippen molar-refractivity contribution >= 4 is 17.1 Å². The summed E-state index contributed by atoms with van der Waals surface area (Å²) in [5.74, 6) is 0. The quantitative estimate of drug-likeness (QED) is 0.270. The van der Waals surface area contributed by atoms with Crippen molar-refractivity contribution in [1.82, 2.24) is 0 Å². The van der Waals surface area contributed by atoms with Crippen LogP contribution in [0.1, 0.15) is 11.1 Å². The summed E-state index contributed by atoms with van der Waals surface area (Å²) in [6.45, 7) is 0. The molecule has 2 nitrogen and oxygen atoms in total. The Bertz CT molecular complexity index is 1320. The average molecular weight is 427 g/mol. The highest BCUT2D eigenvalue weighted by molar-refractivity contribution is 5.72. The number of benzene rings is 5. The Morgan fingerprint density at radius 1 is 0.455 bits per heavy atom. The Kier molecular flexibility index (Phi) is 5.90. The Morgan fingerprint density at radius 3 is 1.55 bits per heavy atom. The number of nitrogen functional groups attached to an aromatic ring is 1. The Morgan fingerprint density at radius 2 is 0.970 bits per heavy atom. The van der Waals surface area contributed by atoms with Gasteiger partial charge >= 0.3 is 0 Å². The highest BCUT2D eigenvalue weighted by Crippen LogP contribution is 2.27. The molecule has 160 valence electrons. The standard InChI is InChI=1S/C31H26N2/c32-29-8-4-7-28(22-29)27-15-19-31(20-16-27)33-30-17-13-26(14-18-30)25-11-9-24(10-12-25)21-23-5-2-1-3-6-23/h1-20,22,33H,21,32H2. The van der Waals surface area contributed by atoms with Crippen molar-refractivity contribution in [3.63, 3.8) is 0 Å². The summed E-state index contributed by atoms with van der Waals surface area (Å²) in [6.07, 6.45) is 0.959. The number of hydrogen-bond donors (Lipinski definition) is 2. The highest BCUT2D eigenvalue weighted by atomic mass is 14.9. The van der Waals surface area contributed by atoms with Crippen molar-refractivity contribution in [2.24, 2.45) is 0 Å². The zero-order valence-corrected chi connectivity index (χ0v) is 18.4. The average Bonchev–Trinajstić information content (AvgIpc) is 2.86. The van der Waals surface area contributed by atoms with Gasteiger partial charge in [-0.1, -0.05) is 91.0 Å². The summed E-state index contributed by atoms with van der Waals surface area (Å²) in [5, 5.41) is 3.48. The van der Waals surface area contributed by atoms with E-state index in [1.165, 1.54) is 22.3 Å². The van der Waals surface area contributed by atoms with Crippen molar-refractivity contribution in [2.75, 3.05) is 11.1 Å². The van der Waals surface area contributed by atoms with Gasteiger partial charge in [0.25, 0.3) is 0 Å². The van der Waals surface area contributed by atoms with Crippen LogP contribution in [0.3, 0.4) is 0 Å². The molecule has 2 heteroatoms. The minimum atomic E-state index is 0.778. The predicted octanol–water partition coefficient (Wildman–Crippen LogP) is 7.94. The van der Waals surface area contributed by atoms with Gasteiger partial charge < -0.3 is 11.1 Å². The lowest BCUT2D eigenvalue weighted by molar-refractivity contribution is 1.19. The minimum Gasteiger partial charge on any atom is -0.399 e. The molecule has 0 saturated heterocycles. The van der Waals surface area contributed by atoms with E-state index < -0.39 is 0 Å². The second kappa shape index (κ2) is 9.46. The van der Waals surface area contributed by atoms with Crippen LogP contribution in [0.2, 0.25) is 0 Å². The molecule has 33 heavy (non-hydrogen) atoms. The Hall–Kier alpha value is -4.30. The predicted molar refractivity (Wildman–Crippen MR) is 141 cm³/mol. The number of nitrogens with one attached hydrogen (secondary N) is 1. The summed E-state index contributed by atoms with van der Waals surface area (Å²) in [5.41, 5.74) is 16.2. The van der Waals surface area contributed by atoms with Crippen LogP contribution in [0, 0.1) is 0 Å². The van der Waals surface area contributed by atoms with Crippen LogP contribution in [-0.2, 0) is 6.42 Å². The van der Waals surface area contributed by atoms with Crippen molar-refractivity contribution < 1.29 is 0 Å². The van der Waals surface area contributed by atoms with E-state index in [0.29, 0.717) is 0 Å². The third-order valence-corrected chi connectivity index (χ3v) is 5.82. The molecule has 0 fully saturated rings. The lowest BCUT2D eigenvalue weighted by Crippen LogP contribution is -1.91. The van der Waals surface area contributed by atoms with Crippen LogP contribution in [0.15, 0.2) is 127 Å². The summed E-state index contributed by atoms with van der Waals surface area (Å²) in [4.78, 5) is 0. The van der Waals surface area contributed by atoms with Gasteiger partial charge in [0.2, 0.25) is 0 Å². The molecule has 0 spiro atoms. The minimum absolute atomic E-state index is 0.778. The van der Waals surface area contributed by atoms with Gasteiger partial charge in [-0.05, 0) is 76.2 Å². The molecule has 5 aromatic carbocycles. The van der Waals surface area contributed by atoms with E-state index in [1.54, 1.807) is 0 Å². The Labute approximate surface area is 195 Å². The van der Waals surface area contributed by atoms with Crippen LogP contribution in [0.4, 0.5) is 17.1 Å². The maximum atomic E-state index is 5.91. The fourth-order valence-electron chi connectivity index (χ4n) is 4.02. The largest absolute Gasteiger partial charge is 0.399 e. The van der Waals surface area contributed by atoms with Crippen LogP contribution in [0.25, 0.3) is 22.3 Å². The van der Waals surface area contributed by atoms with Crippen LogP contribution < -0.4 is 11.1 Å². The third kappa shape index (κ3) is 5.13. The van der Waals surface area contributed by atoms with Crippen LogP contribution in [0.5, 0.6) is 0 Å². The summed E-state index contributed by atoms with van der Waals surface area (Å²) in [6, 6.07) is 44.4. The topological polar surface area (TPSA) is 38.0 Å². The first-order valence-corrected chi connectivity index (χ1v) is 11.2. The zero-order chi connectivity index (χ0) is 22.5. The molecule has 0 aromatic heterocycles. The fraction of sp³-hybridized carbons (Fsp3) is 0.0323. The number of hydrogen-bond acceptors (Lipinski definition) is 2. The second-order valence-corrected chi connectivity index (χ2v) is 8.26. The number of rotatable bonds is 6. The molecule has 0 bridgehead atoms. The Balaban J connectivity index is 1.24. The number of nitrogens with two attached hydrogens (primary N) is 1. The van der Waals surface area contributed by atoms with Gasteiger partial charge in [-0.25, -0.2) is 0 Å². The van der Waals surface area contributed by atoms with E-state index in [9.17, 15) is 0 Å². The van der Waals surface area contributed by atoms with Crippen molar-refractivity contribution in [1.29, 1.82) is 0 Å². The molecule has 0 unspecified atom stereocenters. The van der Waals surface area contributed by atoms with E-state index in [0.717, 1.165) is 34.6 Å². The molecule has 3 N–H and O–H groups in total. The molecular formula is C31H26N2. The van der Waals surface area contributed by atoms with E-state index >= 15 is 0 Å². The summed E-state index contributed by atoms with van der Waals surface area (Å²) in [7, 11) is 0. The molecule has 0 heterocycles. The van der Waals surface area contributed by atoms with Gasteiger partial charge in [0.15, 0.2) is 0 Å². The smallest absolute Gasteiger partial charge is 0.0384 e. The van der Waals surface area contributed by atoms with Gasteiger partial charge in [0, 0.05) is 17.1 Å². The normalized spacial score (nSPS) is 10.7. The van der Waals surface area contributed by atoms with Gasteiger partial charge in [-0.2, -0.15) is 0 Å². The van der Waals surface area contributed by atoms with Crippen LogP contribution in [-0.4, -0.2) is 0 Å². The maximum absolute atomic E-state index is 5.91. The molecule has 0 aliphatic carbocycles. The van der Waals surface area contributed by atoms with E-state index in [1.807, 2.05) is 18.2 Å². The number of anilines is 3. The lowest BCUT2D eigenvalue weighted by atomic mass is 10.0. The van der Waals surface area contributed by atoms with E-state index in [4.69, 9.17) is 5.73 Å². The van der Waals surface area contributed by atoms with Crippen molar-refractivity contribution in [2.45, 2.75) is 6.42 Å². The van der Waals surface area contributed by atoms with Crippen molar-refractivity contribution in [3.05, 3.63) is 139 Å². The SMILES string of the molecule is Nc1cccc(-c2ccc(Nc3ccc(-c4ccc(Cc5ccccc5)cc4)cc3)cc2)c1. The van der Waals surface area contributed by atoms with Crippen LogP contribution >= 0.6 is 0 Å². The first kappa shape index (κ1) is 20.6. The van der Waals surface area contributed by atoms with Gasteiger partial charge in [-0.15, -0.1) is 0 Å². The molecule has 0 radical (unpaired) electrons. The fourth-order valence-corrected chi connectivity index (χ4v) is 4.02. The van der Waals surface area contributed by atoms with Crippen molar-refractivity contribution in [3.8, 4) is 22.3 Å². The van der Waals surface area contributed by atoms with Gasteiger partial charge in [0.1, 0.15) is 0 Å². The van der Waals surface area contributed by atoms with E-state index in [2.05, 4.69) is 115 Å². The molecule has 5 aromatic rings. The van der Waals surface area contributed by atoms with E-state index in [-0.39, 0.29) is 0 Å². The molecule has 0 atom stereocenters. The monoisotopic (exact) mass is 426 g/mol.